The molecule has 0 amide bonds. The molecular formula is C29H41N5O. The zero-order valence-corrected chi connectivity index (χ0v) is 22.1. The number of methoxy groups -OCH3 is 1. The monoisotopic (exact) mass is 475 g/mol. The van der Waals surface area contributed by atoms with Gasteiger partial charge in [-0.15, -0.1) is 0 Å². The van der Waals surface area contributed by atoms with Crippen LogP contribution in [-0.4, -0.2) is 51.2 Å². The summed E-state index contributed by atoms with van der Waals surface area (Å²) in [5.41, 5.74) is 6.98. The first-order valence-corrected chi connectivity index (χ1v) is 12.8. The summed E-state index contributed by atoms with van der Waals surface area (Å²) in [6.07, 6.45) is 9.11. The molecule has 0 fully saturated rings. The Morgan fingerprint density at radius 3 is 1.37 bits per heavy atom. The minimum atomic E-state index is 0.137. The Balaban J connectivity index is 1.84. The lowest BCUT2D eigenvalue weighted by Gasteiger charge is -2.37. The Kier molecular flexibility index (Phi) is 10.8. The number of ether oxygens (including phenoxy) is 1. The Hall–Kier alpha value is -2.67. The predicted octanol–water partition coefficient (Wildman–Crippen LogP) is 5.06. The number of hydrogen-bond donors (Lipinski definition) is 0. The molecule has 0 saturated carbocycles. The van der Waals surface area contributed by atoms with Crippen molar-refractivity contribution in [1.29, 1.82) is 0 Å². The van der Waals surface area contributed by atoms with Crippen LogP contribution in [0.1, 0.15) is 61.5 Å². The van der Waals surface area contributed by atoms with E-state index in [1.807, 2.05) is 18.6 Å². The molecule has 35 heavy (non-hydrogen) atoms. The Morgan fingerprint density at radius 1 is 0.657 bits per heavy atom. The van der Waals surface area contributed by atoms with Crippen molar-refractivity contribution in [3.63, 3.8) is 0 Å². The van der Waals surface area contributed by atoms with Gasteiger partial charge in [0, 0.05) is 51.9 Å². The first-order valence-electron chi connectivity index (χ1n) is 12.8. The van der Waals surface area contributed by atoms with Crippen molar-refractivity contribution in [3.8, 4) is 0 Å². The molecule has 0 saturated heterocycles. The molecule has 0 aliphatic carbocycles. The molecule has 3 heterocycles. The molecule has 0 radical (unpaired) electrons. The molecule has 6 nitrogen and oxygen atoms in total. The van der Waals surface area contributed by atoms with Crippen LogP contribution >= 0.6 is 0 Å². The van der Waals surface area contributed by atoms with Crippen molar-refractivity contribution in [2.45, 2.75) is 72.8 Å². The minimum absolute atomic E-state index is 0.137. The van der Waals surface area contributed by atoms with Gasteiger partial charge in [0.1, 0.15) is 0 Å². The van der Waals surface area contributed by atoms with Crippen molar-refractivity contribution in [2.75, 3.05) is 20.3 Å². The van der Waals surface area contributed by atoms with Crippen LogP contribution in [-0.2, 0) is 43.6 Å². The zero-order valence-electron chi connectivity index (χ0n) is 22.1. The van der Waals surface area contributed by atoms with Crippen LogP contribution in [0, 0.1) is 0 Å². The van der Waals surface area contributed by atoms with Gasteiger partial charge in [0.05, 0.1) is 29.9 Å². The first-order chi connectivity index (χ1) is 17.1. The van der Waals surface area contributed by atoms with Gasteiger partial charge in [-0.2, -0.15) is 0 Å². The predicted molar refractivity (Wildman–Crippen MR) is 142 cm³/mol. The van der Waals surface area contributed by atoms with E-state index in [-0.39, 0.29) is 6.17 Å². The fraction of sp³-hybridized carbons (Fsp3) is 0.483. The summed E-state index contributed by atoms with van der Waals surface area (Å²) in [5, 5.41) is 0. The third kappa shape index (κ3) is 8.20. The summed E-state index contributed by atoms with van der Waals surface area (Å²) in [5.74, 6) is 0. The van der Waals surface area contributed by atoms with Gasteiger partial charge in [0.25, 0.3) is 0 Å². The fourth-order valence-corrected chi connectivity index (χ4v) is 4.06. The SMILES string of the molecule is CCc1ccc(CN(CCOC)C(C)N(Cc2ccc(CC)cn2)Cc2ccc(CC)cn2)nc1. The van der Waals surface area contributed by atoms with Gasteiger partial charge >= 0.3 is 0 Å². The van der Waals surface area contributed by atoms with Crippen LogP contribution in [0.15, 0.2) is 55.0 Å². The van der Waals surface area contributed by atoms with Gasteiger partial charge in [-0.25, -0.2) is 0 Å². The Bertz CT molecular complexity index is 940. The highest BCUT2D eigenvalue weighted by atomic mass is 16.5. The Morgan fingerprint density at radius 2 is 1.06 bits per heavy atom. The number of nitrogens with zero attached hydrogens (tertiary/aromatic N) is 5. The van der Waals surface area contributed by atoms with E-state index in [1.165, 1.54) is 16.7 Å². The molecule has 3 rings (SSSR count). The standard InChI is InChI=1S/C29H41N5O/c1-6-24-9-12-27(30-17-24)20-33(15-16-35-5)23(4)34(21-28-13-10-25(7-2)18-31-28)22-29-14-11-26(8-3)19-32-29/h9-14,17-19,23H,6-8,15-16,20-22H2,1-5H3. The molecule has 0 aromatic carbocycles. The van der Waals surface area contributed by atoms with Crippen molar-refractivity contribution >= 4 is 0 Å². The number of aryl methyl sites for hydroxylation is 3. The molecule has 0 N–H and O–H groups in total. The molecule has 0 bridgehead atoms. The highest BCUT2D eigenvalue weighted by Gasteiger charge is 2.23. The second kappa shape index (κ2) is 14.0. The van der Waals surface area contributed by atoms with Crippen molar-refractivity contribution in [3.05, 3.63) is 88.8 Å². The second-order valence-corrected chi connectivity index (χ2v) is 9.03. The molecule has 0 aliphatic rings. The van der Waals surface area contributed by atoms with Gasteiger partial charge in [-0.3, -0.25) is 24.8 Å². The van der Waals surface area contributed by atoms with Crippen LogP contribution in [0.3, 0.4) is 0 Å². The van der Waals surface area contributed by atoms with E-state index in [1.54, 1.807) is 7.11 Å². The Labute approximate surface area is 211 Å². The number of pyridine rings is 3. The van der Waals surface area contributed by atoms with Crippen LogP contribution < -0.4 is 0 Å². The molecule has 0 spiro atoms. The van der Waals surface area contributed by atoms with Crippen molar-refractivity contribution in [2.24, 2.45) is 0 Å². The number of aromatic nitrogens is 3. The fourth-order valence-electron chi connectivity index (χ4n) is 4.06. The third-order valence-corrected chi connectivity index (χ3v) is 6.62. The smallest absolute Gasteiger partial charge is 0.0605 e. The van der Waals surface area contributed by atoms with Crippen LogP contribution in [0.4, 0.5) is 0 Å². The summed E-state index contributed by atoms with van der Waals surface area (Å²) >= 11 is 0. The van der Waals surface area contributed by atoms with Crippen LogP contribution in [0.25, 0.3) is 0 Å². The molecule has 6 heteroatoms. The van der Waals surface area contributed by atoms with Gasteiger partial charge in [-0.05, 0) is 61.1 Å². The van der Waals surface area contributed by atoms with E-state index >= 15 is 0 Å². The summed E-state index contributed by atoms with van der Waals surface area (Å²) in [4.78, 5) is 19.1. The van der Waals surface area contributed by atoms with E-state index in [9.17, 15) is 0 Å². The van der Waals surface area contributed by atoms with Gasteiger partial charge in [0.2, 0.25) is 0 Å². The van der Waals surface area contributed by atoms with Crippen LogP contribution in [0.2, 0.25) is 0 Å². The zero-order chi connectivity index (χ0) is 25.0. The highest BCUT2D eigenvalue weighted by Crippen LogP contribution is 2.17. The lowest BCUT2D eigenvalue weighted by molar-refractivity contribution is 0.0178. The summed E-state index contributed by atoms with van der Waals surface area (Å²) in [6, 6.07) is 13.0. The number of hydrogen-bond acceptors (Lipinski definition) is 6. The average molecular weight is 476 g/mol. The molecule has 1 atom stereocenters. The van der Waals surface area contributed by atoms with Gasteiger partial charge < -0.3 is 4.74 Å². The largest absolute Gasteiger partial charge is 0.383 e. The molecule has 3 aromatic rings. The average Bonchev–Trinajstić information content (AvgIpc) is 2.91. The maximum Gasteiger partial charge on any atom is 0.0605 e. The van der Waals surface area contributed by atoms with E-state index in [2.05, 4.69) is 73.9 Å². The summed E-state index contributed by atoms with van der Waals surface area (Å²) < 4.78 is 5.46. The quantitative estimate of drug-likeness (QED) is 0.304. The van der Waals surface area contributed by atoms with E-state index in [0.717, 1.165) is 62.5 Å². The minimum Gasteiger partial charge on any atom is -0.383 e. The maximum absolute atomic E-state index is 5.46. The van der Waals surface area contributed by atoms with Crippen molar-refractivity contribution in [1.82, 2.24) is 24.8 Å². The highest BCUT2D eigenvalue weighted by molar-refractivity contribution is 5.16. The van der Waals surface area contributed by atoms with Gasteiger partial charge in [-0.1, -0.05) is 39.0 Å². The van der Waals surface area contributed by atoms with Gasteiger partial charge in [0.15, 0.2) is 0 Å². The van der Waals surface area contributed by atoms with E-state index in [0.29, 0.717) is 6.61 Å². The first kappa shape index (κ1) is 26.9. The lowest BCUT2D eigenvalue weighted by Crippen LogP contribution is -2.47. The maximum atomic E-state index is 5.46. The topological polar surface area (TPSA) is 54.4 Å². The van der Waals surface area contributed by atoms with Crippen LogP contribution in [0.5, 0.6) is 0 Å². The molecule has 3 aromatic heterocycles. The normalized spacial score (nSPS) is 12.4. The molecule has 188 valence electrons. The van der Waals surface area contributed by atoms with Crippen molar-refractivity contribution < 1.29 is 4.74 Å². The third-order valence-electron chi connectivity index (χ3n) is 6.62. The molecule has 1 unspecified atom stereocenters. The number of rotatable bonds is 14. The lowest BCUT2D eigenvalue weighted by atomic mass is 10.2. The molecule has 0 aliphatic heterocycles. The van der Waals surface area contributed by atoms with E-state index in [4.69, 9.17) is 19.7 Å². The van der Waals surface area contributed by atoms with E-state index < -0.39 is 0 Å². The summed E-state index contributed by atoms with van der Waals surface area (Å²) in [7, 11) is 1.76. The second-order valence-electron chi connectivity index (χ2n) is 9.03. The molecular weight excluding hydrogens is 434 g/mol. The summed E-state index contributed by atoms with van der Waals surface area (Å²) in [6.45, 7) is 12.5.